The monoisotopic (exact) mass is 247 g/mol. The molecule has 1 saturated heterocycles. The minimum atomic E-state index is 0.748. The largest absolute Gasteiger partial charge is 0.373 e. The molecule has 1 atom stereocenters. The number of nitrogens with zero attached hydrogens (tertiary/aromatic N) is 2. The van der Waals surface area contributed by atoms with Crippen molar-refractivity contribution in [2.45, 2.75) is 51.6 Å². The smallest absolute Gasteiger partial charge is 0.130 e. The van der Waals surface area contributed by atoms with E-state index >= 15 is 0 Å². The molecule has 2 rings (SSSR count). The van der Waals surface area contributed by atoms with E-state index in [2.05, 4.69) is 28.2 Å². The first-order chi connectivity index (χ1) is 8.85. The Morgan fingerprint density at radius 3 is 3.06 bits per heavy atom. The molecular weight excluding hydrogens is 222 g/mol. The van der Waals surface area contributed by atoms with Crippen LogP contribution in [-0.2, 0) is 6.54 Å². The van der Waals surface area contributed by atoms with Crippen LogP contribution in [-0.4, -0.2) is 29.5 Å². The van der Waals surface area contributed by atoms with Gasteiger partial charge in [-0.3, -0.25) is 4.90 Å². The summed E-state index contributed by atoms with van der Waals surface area (Å²) >= 11 is 0. The molecule has 0 aliphatic carbocycles. The second-order valence-electron chi connectivity index (χ2n) is 5.14. The van der Waals surface area contributed by atoms with E-state index in [9.17, 15) is 0 Å². The highest BCUT2D eigenvalue weighted by molar-refractivity contribution is 5.42. The first-order valence-corrected chi connectivity index (χ1v) is 7.20. The van der Waals surface area contributed by atoms with Crippen molar-refractivity contribution in [3.05, 3.63) is 23.9 Å². The van der Waals surface area contributed by atoms with Gasteiger partial charge in [0.1, 0.15) is 5.82 Å². The fraction of sp³-hybridized carbons (Fsp3) is 0.667. The second-order valence-corrected chi connectivity index (χ2v) is 5.14. The summed E-state index contributed by atoms with van der Waals surface area (Å²) in [5, 5.41) is 3.20. The lowest BCUT2D eigenvalue weighted by Gasteiger charge is -2.29. The molecule has 0 saturated carbocycles. The SMILES string of the molecule is CCC1CCCCCN1Cc1cccnc1NC. The first-order valence-electron chi connectivity index (χ1n) is 7.20. The third-order valence-corrected chi connectivity index (χ3v) is 3.97. The topological polar surface area (TPSA) is 28.2 Å². The summed E-state index contributed by atoms with van der Waals surface area (Å²) in [6.45, 7) is 4.57. The number of likely N-dealkylation sites (tertiary alicyclic amines) is 1. The molecule has 1 fully saturated rings. The molecule has 1 N–H and O–H groups in total. The van der Waals surface area contributed by atoms with Gasteiger partial charge in [-0.05, 0) is 31.9 Å². The Labute approximate surface area is 111 Å². The van der Waals surface area contributed by atoms with Gasteiger partial charge in [0.2, 0.25) is 0 Å². The number of aromatic nitrogens is 1. The standard InChI is InChI=1S/C15H25N3/c1-3-14-9-5-4-6-11-18(14)12-13-8-7-10-17-15(13)16-2/h7-8,10,14H,3-6,9,11-12H2,1-2H3,(H,16,17). The predicted molar refractivity (Wildman–Crippen MR) is 76.7 cm³/mol. The molecule has 1 unspecified atom stereocenters. The molecule has 100 valence electrons. The van der Waals surface area contributed by atoms with E-state index < -0.39 is 0 Å². The van der Waals surface area contributed by atoms with E-state index in [-0.39, 0.29) is 0 Å². The Morgan fingerprint density at radius 1 is 1.39 bits per heavy atom. The second kappa shape index (κ2) is 6.74. The molecule has 18 heavy (non-hydrogen) atoms. The van der Waals surface area contributed by atoms with E-state index in [0.717, 1.165) is 18.4 Å². The van der Waals surface area contributed by atoms with Crippen LogP contribution in [0.4, 0.5) is 5.82 Å². The molecule has 0 bridgehead atoms. The van der Waals surface area contributed by atoms with Crippen molar-refractivity contribution in [1.29, 1.82) is 0 Å². The minimum absolute atomic E-state index is 0.748. The van der Waals surface area contributed by atoms with Crippen LogP contribution in [0.1, 0.15) is 44.6 Å². The van der Waals surface area contributed by atoms with Gasteiger partial charge in [-0.15, -0.1) is 0 Å². The van der Waals surface area contributed by atoms with Gasteiger partial charge in [-0.25, -0.2) is 4.98 Å². The van der Waals surface area contributed by atoms with Crippen LogP contribution < -0.4 is 5.32 Å². The molecule has 0 amide bonds. The van der Waals surface area contributed by atoms with Crippen LogP contribution in [0, 0.1) is 0 Å². The zero-order valence-electron chi connectivity index (χ0n) is 11.7. The zero-order valence-corrected chi connectivity index (χ0v) is 11.7. The Kier molecular flexibility index (Phi) is 5.00. The summed E-state index contributed by atoms with van der Waals surface area (Å²) in [6, 6.07) is 4.98. The van der Waals surface area contributed by atoms with Gasteiger partial charge in [0.25, 0.3) is 0 Å². The Morgan fingerprint density at radius 2 is 2.28 bits per heavy atom. The van der Waals surface area contributed by atoms with Crippen molar-refractivity contribution in [3.63, 3.8) is 0 Å². The molecule has 1 aromatic rings. The lowest BCUT2D eigenvalue weighted by molar-refractivity contribution is 0.186. The summed E-state index contributed by atoms with van der Waals surface area (Å²) in [4.78, 5) is 7.04. The van der Waals surface area contributed by atoms with Gasteiger partial charge in [0.15, 0.2) is 0 Å². The highest BCUT2D eigenvalue weighted by Crippen LogP contribution is 2.23. The van der Waals surface area contributed by atoms with Crippen molar-refractivity contribution in [2.24, 2.45) is 0 Å². The average molecular weight is 247 g/mol. The van der Waals surface area contributed by atoms with Crippen molar-refractivity contribution in [3.8, 4) is 0 Å². The molecule has 2 heterocycles. The molecule has 0 radical (unpaired) electrons. The van der Waals surface area contributed by atoms with Gasteiger partial charge in [-0.2, -0.15) is 0 Å². The molecule has 3 nitrogen and oxygen atoms in total. The molecule has 0 aromatic carbocycles. The highest BCUT2D eigenvalue weighted by Gasteiger charge is 2.20. The Balaban J connectivity index is 2.10. The van der Waals surface area contributed by atoms with Crippen LogP contribution in [0.2, 0.25) is 0 Å². The lowest BCUT2D eigenvalue weighted by atomic mass is 10.1. The van der Waals surface area contributed by atoms with Crippen LogP contribution >= 0.6 is 0 Å². The number of hydrogen-bond donors (Lipinski definition) is 1. The van der Waals surface area contributed by atoms with Crippen LogP contribution in [0.15, 0.2) is 18.3 Å². The van der Waals surface area contributed by atoms with E-state index in [4.69, 9.17) is 0 Å². The number of nitrogens with one attached hydrogen (secondary N) is 1. The zero-order chi connectivity index (χ0) is 12.8. The lowest BCUT2D eigenvalue weighted by Crippen LogP contribution is -2.34. The molecular formula is C15H25N3. The summed E-state index contributed by atoms with van der Waals surface area (Å²) in [5.41, 5.74) is 1.32. The highest BCUT2D eigenvalue weighted by atomic mass is 15.2. The van der Waals surface area contributed by atoms with Crippen molar-refractivity contribution >= 4 is 5.82 Å². The van der Waals surface area contributed by atoms with E-state index in [1.54, 1.807) is 0 Å². The quantitative estimate of drug-likeness (QED) is 0.885. The molecule has 3 heteroatoms. The van der Waals surface area contributed by atoms with Gasteiger partial charge in [-0.1, -0.05) is 25.8 Å². The van der Waals surface area contributed by atoms with Gasteiger partial charge in [0, 0.05) is 31.4 Å². The third kappa shape index (κ3) is 3.22. The number of anilines is 1. The fourth-order valence-electron chi connectivity index (χ4n) is 2.92. The van der Waals surface area contributed by atoms with Crippen molar-refractivity contribution in [2.75, 3.05) is 18.9 Å². The van der Waals surface area contributed by atoms with Crippen LogP contribution in [0.25, 0.3) is 0 Å². The van der Waals surface area contributed by atoms with E-state index in [1.165, 1.54) is 44.2 Å². The third-order valence-electron chi connectivity index (χ3n) is 3.97. The Hall–Kier alpha value is -1.09. The summed E-state index contributed by atoms with van der Waals surface area (Å²) < 4.78 is 0. The first kappa shape index (κ1) is 13.3. The molecule has 1 aromatic heterocycles. The number of pyridine rings is 1. The normalized spacial score (nSPS) is 21.6. The Bertz CT molecular complexity index is 365. The minimum Gasteiger partial charge on any atom is -0.373 e. The molecule has 0 spiro atoms. The predicted octanol–water partition coefficient (Wildman–Crippen LogP) is 3.28. The van der Waals surface area contributed by atoms with Crippen LogP contribution in [0.5, 0.6) is 0 Å². The number of hydrogen-bond acceptors (Lipinski definition) is 3. The maximum Gasteiger partial charge on any atom is 0.130 e. The average Bonchev–Trinajstić information content (AvgIpc) is 2.64. The van der Waals surface area contributed by atoms with Gasteiger partial charge < -0.3 is 5.32 Å². The summed E-state index contributed by atoms with van der Waals surface area (Å²) in [7, 11) is 1.95. The summed E-state index contributed by atoms with van der Waals surface area (Å²) in [5.74, 6) is 1.02. The van der Waals surface area contributed by atoms with Gasteiger partial charge in [0.05, 0.1) is 0 Å². The van der Waals surface area contributed by atoms with E-state index in [1.807, 2.05) is 19.3 Å². The van der Waals surface area contributed by atoms with Crippen molar-refractivity contribution < 1.29 is 0 Å². The molecule has 1 aliphatic heterocycles. The molecule has 1 aliphatic rings. The van der Waals surface area contributed by atoms with E-state index in [0.29, 0.717) is 0 Å². The maximum atomic E-state index is 4.40. The van der Waals surface area contributed by atoms with Crippen molar-refractivity contribution in [1.82, 2.24) is 9.88 Å². The maximum absolute atomic E-state index is 4.40. The van der Waals surface area contributed by atoms with Gasteiger partial charge >= 0.3 is 0 Å². The van der Waals surface area contributed by atoms with Crippen LogP contribution in [0.3, 0.4) is 0 Å². The fourth-order valence-corrected chi connectivity index (χ4v) is 2.92. The number of rotatable bonds is 4. The summed E-state index contributed by atoms with van der Waals surface area (Å²) in [6.07, 6.45) is 8.58.